The third-order valence-corrected chi connectivity index (χ3v) is 4.66. The Hall–Kier alpha value is -0.450. The predicted octanol–water partition coefficient (Wildman–Crippen LogP) is 2.61. The lowest BCUT2D eigenvalue weighted by Gasteiger charge is -2.34. The highest BCUT2D eigenvalue weighted by Gasteiger charge is 2.23. The van der Waals surface area contributed by atoms with Crippen LogP contribution in [0.25, 0.3) is 0 Å². The van der Waals surface area contributed by atoms with E-state index in [4.69, 9.17) is 10.7 Å². The first kappa shape index (κ1) is 14.0. The van der Waals surface area contributed by atoms with Crippen molar-refractivity contribution in [2.75, 3.05) is 13.1 Å². The molecule has 1 aromatic rings. The van der Waals surface area contributed by atoms with Gasteiger partial charge in [-0.25, -0.2) is 4.98 Å². The predicted molar refractivity (Wildman–Crippen MR) is 77.8 cm³/mol. The number of hydrogen-bond donors (Lipinski definition) is 1. The quantitative estimate of drug-likeness (QED) is 0.895. The molecule has 0 bridgehead atoms. The third kappa shape index (κ3) is 3.53. The van der Waals surface area contributed by atoms with Gasteiger partial charge in [0, 0.05) is 36.5 Å². The molecular weight excluding hydrogens is 242 g/mol. The molecule has 1 aliphatic rings. The molecule has 0 saturated carbocycles. The number of nitrogens with zero attached hydrogens (tertiary/aromatic N) is 2. The largest absolute Gasteiger partial charge is 0.327 e. The molecule has 2 N–H and O–H groups in total. The maximum atomic E-state index is 6.08. The van der Waals surface area contributed by atoms with Crippen molar-refractivity contribution in [1.29, 1.82) is 0 Å². The molecule has 2 unspecified atom stereocenters. The zero-order chi connectivity index (χ0) is 13.3. The summed E-state index contributed by atoms with van der Waals surface area (Å²) in [6.07, 6.45) is 1.15. The van der Waals surface area contributed by atoms with E-state index in [1.54, 1.807) is 11.3 Å². The van der Waals surface area contributed by atoms with E-state index < -0.39 is 0 Å². The van der Waals surface area contributed by atoms with E-state index in [1.807, 2.05) is 0 Å². The van der Waals surface area contributed by atoms with Crippen LogP contribution in [0.2, 0.25) is 0 Å². The first-order valence-corrected chi connectivity index (χ1v) is 7.65. The van der Waals surface area contributed by atoms with Crippen molar-refractivity contribution in [3.05, 3.63) is 16.1 Å². The molecule has 0 radical (unpaired) electrons. The zero-order valence-electron chi connectivity index (χ0n) is 11.9. The van der Waals surface area contributed by atoms with Crippen LogP contribution < -0.4 is 5.73 Å². The molecule has 0 amide bonds. The van der Waals surface area contributed by atoms with Crippen LogP contribution in [0, 0.1) is 5.92 Å². The summed E-state index contributed by atoms with van der Waals surface area (Å²) in [7, 11) is 0. The van der Waals surface area contributed by atoms with Gasteiger partial charge in [-0.3, -0.25) is 4.90 Å². The maximum Gasteiger partial charge on any atom is 0.0982 e. The average molecular weight is 267 g/mol. The Balaban J connectivity index is 1.99. The van der Waals surface area contributed by atoms with E-state index >= 15 is 0 Å². The number of piperidine rings is 1. The number of hydrogen-bond acceptors (Lipinski definition) is 4. The van der Waals surface area contributed by atoms with Gasteiger partial charge in [-0.15, -0.1) is 11.3 Å². The van der Waals surface area contributed by atoms with Gasteiger partial charge in [0.25, 0.3) is 0 Å². The zero-order valence-corrected chi connectivity index (χ0v) is 12.8. The normalized spacial score (nSPS) is 26.5. The van der Waals surface area contributed by atoms with Crippen molar-refractivity contribution in [1.82, 2.24) is 9.88 Å². The maximum absolute atomic E-state index is 6.08. The Bertz CT molecular complexity index is 384. The second kappa shape index (κ2) is 5.27. The van der Waals surface area contributed by atoms with E-state index in [0.29, 0.717) is 12.0 Å². The van der Waals surface area contributed by atoms with E-state index in [9.17, 15) is 0 Å². The molecule has 0 aromatic carbocycles. The SMILES string of the molecule is CC1CC(N)CN(Cc2csc(C(C)(C)C)n2)C1. The lowest BCUT2D eigenvalue weighted by molar-refractivity contribution is 0.157. The highest BCUT2D eigenvalue weighted by molar-refractivity contribution is 7.09. The molecule has 2 rings (SSSR count). The Morgan fingerprint density at radius 3 is 2.72 bits per heavy atom. The van der Waals surface area contributed by atoms with Crippen LogP contribution in [0.1, 0.15) is 44.8 Å². The van der Waals surface area contributed by atoms with Gasteiger partial charge in [0.15, 0.2) is 0 Å². The van der Waals surface area contributed by atoms with Gasteiger partial charge >= 0.3 is 0 Å². The van der Waals surface area contributed by atoms with Crippen molar-refractivity contribution in [2.45, 2.75) is 52.1 Å². The Labute approximate surface area is 114 Å². The fraction of sp³-hybridized carbons (Fsp3) is 0.786. The van der Waals surface area contributed by atoms with Crippen LogP contribution in [-0.2, 0) is 12.0 Å². The summed E-state index contributed by atoms with van der Waals surface area (Å²) in [6.45, 7) is 12.0. The van der Waals surface area contributed by atoms with Gasteiger partial charge in [-0.1, -0.05) is 27.7 Å². The van der Waals surface area contributed by atoms with Gasteiger partial charge in [0.05, 0.1) is 10.7 Å². The van der Waals surface area contributed by atoms with Crippen molar-refractivity contribution >= 4 is 11.3 Å². The van der Waals surface area contributed by atoms with Crippen LogP contribution >= 0.6 is 11.3 Å². The fourth-order valence-corrected chi connectivity index (χ4v) is 3.49. The van der Waals surface area contributed by atoms with Crippen molar-refractivity contribution in [3.8, 4) is 0 Å². The Morgan fingerprint density at radius 2 is 2.17 bits per heavy atom. The van der Waals surface area contributed by atoms with Gasteiger partial charge in [-0.05, 0) is 12.3 Å². The number of nitrogens with two attached hydrogens (primary N) is 1. The van der Waals surface area contributed by atoms with E-state index in [1.165, 1.54) is 10.7 Å². The first-order chi connectivity index (χ1) is 8.34. The lowest BCUT2D eigenvalue weighted by atomic mass is 9.96. The Morgan fingerprint density at radius 1 is 1.44 bits per heavy atom. The summed E-state index contributed by atoms with van der Waals surface area (Å²) in [4.78, 5) is 7.21. The third-order valence-electron chi connectivity index (χ3n) is 3.35. The molecule has 0 spiro atoms. The summed E-state index contributed by atoms with van der Waals surface area (Å²) in [5.74, 6) is 0.703. The molecule has 1 fully saturated rings. The average Bonchev–Trinajstić information content (AvgIpc) is 2.63. The molecule has 18 heavy (non-hydrogen) atoms. The molecule has 1 saturated heterocycles. The molecule has 0 aliphatic carbocycles. The molecule has 4 heteroatoms. The summed E-state index contributed by atoms with van der Waals surface area (Å²) < 4.78 is 0. The minimum absolute atomic E-state index is 0.161. The van der Waals surface area contributed by atoms with Crippen molar-refractivity contribution in [3.63, 3.8) is 0 Å². The molecular formula is C14H25N3S. The van der Waals surface area contributed by atoms with Crippen LogP contribution in [-0.4, -0.2) is 29.0 Å². The standard InChI is InChI=1S/C14H25N3S/c1-10-5-11(15)7-17(6-10)8-12-9-18-13(16-12)14(2,3)4/h9-11H,5-8,15H2,1-4H3. The molecule has 2 atom stereocenters. The summed E-state index contributed by atoms with van der Waals surface area (Å²) in [5.41, 5.74) is 7.45. The highest BCUT2D eigenvalue weighted by Crippen LogP contribution is 2.26. The van der Waals surface area contributed by atoms with Gasteiger partial charge in [0.1, 0.15) is 0 Å². The van der Waals surface area contributed by atoms with E-state index in [0.717, 1.165) is 26.1 Å². The molecule has 3 nitrogen and oxygen atoms in total. The summed E-state index contributed by atoms with van der Waals surface area (Å²) in [5, 5.41) is 3.43. The molecule has 2 heterocycles. The fourth-order valence-electron chi connectivity index (χ4n) is 2.60. The molecule has 102 valence electrons. The summed E-state index contributed by atoms with van der Waals surface area (Å²) >= 11 is 1.78. The minimum Gasteiger partial charge on any atom is -0.327 e. The highest BCUT2D eigenvalue weighted by atomic mass is 32.1. The monoisotopic (exact) mass is 267 g/mol. The van der Waals surface area contributed by atoms with Crippen LogP contribution in [0.15, 0.2) is 5.38 Å². The van der Waals surface area contributed by atoms with Gasteiger partial charge in [0.2, 0.25) is 0 Å². The first-order valence-electron chi connectivity index (χ1n) is 6.77. The summed E-state index contributed by atoms with van der Waals surface area (Å²) in [6, 6.07) is 0.328. The van der Waals surface area contributed by atoms with E-state index in [-0.39, 0.29) is 5.41 Å². The smallest absolute Gasteiger partial charge is 0.0982 e. The van der Waals surface area contributed by atoms with E-state index in [2.05, 4.69) is 38.0 Å². The number of likely N-dealkylation sites (tertiary alicyclic amines) is 1. The molecule has 1 aliphatic heterocycles. The number of rotatable bonds is 2. The van der Waals surface area contributed by atoms with Crippen molar-refractivity contribution < 1.29 is 0 Å². The molecule has 1 aromatic heterocycles. The topological polar surface area (TPSA) is 42.1 Å². The van der Waals surface area contributed by atoms with Gasteiger partial charge in [-0.2, -0.15) is 0 Å². The van der Waals surface area contributed by atoms with Crippen molar-refractivity contribution in [2.24, 2.45) is 11.7 Å². The number of aromatic nitrogens is 1. The lowest BCUT2D eigenvalue weighted by Crippen LogP contribution is -2.45. The number of thiazole rings is 1. The van der Waals surface area contributed by atoms with Crippen LogP contribution in [0.3, 0.4) is 0 Å². The second-order valence-electron chi connectivity index (χ2n) is 6.69. The minimum atomic E-state index is 0.161. The Kier molecular flexibility index (Phi) is 4.09. The second-order valence-corrected chi connectivity index (χ2v) is 7.55. The van der Waals surface area contributed by atoms with Crippen LogP contribution in [0.4, 0.5) is 0 Å². The van der Waals surface area contributed by atoms with Gasteiger partial charge < -0.3 is 5.73 Å². The van der Waals surface area contributed by atoms with Crippen LogP contribution in [0.5, 0.6) is 0 Å².